The number of hydrogen-bond donors (Lipinski definition) is 1. The van der Waals surface area contributed by atoms with Gasteiger partial charge in [0.15, 0.2) is 5.60 Å². The van der Waals surface area contributed by atoms with Crippen LogP contribution in [0.1, 0.15) is 17.0 Å². The molecule has 134 valence electrons. The Morgan fingerprint density at radius 1 is 1.08 bits per heavy atom. The lowest BCUT2D eigenvalue weighted by atomic mass is 9.95. The van der Waals surface area contributed by atoms with Gasteiger partial charge in [-0.05, 0) is 22.3 Å². The quantitative estimate of drug-likeness (QED) is 0.856. The summed E-state index contributed by atoms with van der Waals surface area (Å²) < 4.78 is 10.0. The highest BCUT2D eigenvalue weighted by molar-refractivity contribution is 5.84. The van der Waals surface area contributed by atoms with E-state index >= 15 is 0 Å². The van der Waals surface area contributed by atoms with Crippen molar-refractivity contribution in [2.45, 2.75) is 11.5 Å². The Bertz CT molecular complexity index is 827. The van der Waals surface area contributed by atoms with Crippen LogP contribution in [0.15, 0.2) is 48.5 Å². The van der Waals surface area contributed by atoms with E-state index in [0.717, 1.165) is 22.3 Å². The molecule has 0 saturated carbocycles. The minimum Gasteiger partial charge on any atom is -0.467 e. The highest BCUT2D eigenvalue weighted by Gasteiger charge is 2.51. The number of aliphatic hydroxyl groups is 1. The van der Waals surface area contributed by atoms with Gasteiger partial charge in [-0.3, -0.25) is 0 Å². The van der Waals surface area contributed by atoms with Crippen LogP contribution in [0.25, 0.3) is 11.1 Å². The molecule has 2 aromatic carbocycles. The molecule has 0 bridgehead atoms. The molecule has 1 amide bonds. The van der Waals surface area contributed by atoms with E-state index in [-0.39, 0.29) is 25.6 Å². The van der Waals surface area contributed by atoms with Gasteiger partial charge in [0.2, 0.25) is 0 Å². The minimum atomic E-state index is -1.62. The fourth-order valence-electron chi connectivity index (χ4n) is 3.72. The topological polar surface area (TPSA) is 76.1 Å². The maximum Gasteiger partial charge on any atom is 0.410 e. The lowest BCUT2D eigenvalue weighted by molar-refractivity contribution is -0.178. The van der Waals surface area contributed by atoms with Crippen LogP contribution in [-0.4, -0.2) is 54.5 Å². The number of rotatable bonds is 3. The highest BCUT2D eigenvalue weighted by atomic mass is 16.6. The Morgan fingerprint density at radius 3 is 2.15 bits per heavy atom. The second kappa shape index (κ2) is 6.14. The molecule has 0 radical (unpaired) electrons. The Kier molecular flexibility index (Phi) is 3.92. The largest absolute Gasteiger partial charge is 0.467 e. The number of benzene rings is 2. The number of ether oxygens (including phenoxy) is 2. The molecule has 0 spiro atoms. The molecule has 4 rings (SSSR count). The summed E-state index contributed by atoms with van der Waals surface area (Å²) in [7, 11) is 1.20. The molecule has 2 aromatic rings. The van der Waals surface area contributed by atoms with Crippen LogP contribution in [-0.2, 0) is 14.3 Å². The first-order valence-corrected chi connectivity index (χ1v) is 8.44. The molecule has 2 aliphatic rings. The summed E-state index contributed by atoms with van der Waals surface area (Å²) in [6.07, 6.45) is -0.541. The van der Waals surface area contributed by atoms with Crippen LogP contribution >= 0.6 is 0 Å². The number of carbonyl (C=O) groups excluding carboxylic acids is 2. The van der Waals surface area contributed by atoms with Crippen molar-refractivity contribution in [1.29, 1.82) is 0 Å². The number of amides is 1. The zero-order chi connectivity index (χ0) is 18.3. The molecule has 6 heteroatoms. The standard InChI is InChI=1S/C20H19NO5/c1-25-18(22)20(24)11-21(12-20)19(23)26-10-17-15-8-4-2-6-13(15)14-7-3-5-9-16(14)17/h2-9,17,24H,10-12H2,1H3. The molecule has 1 heterocycles. The molecule has 1 saturated heterocycles. The van der Waals surface area contributed by atoms with Crippen molar-refractivity contribution >= 4 is 12.1 Å². The number of likely N-dealkylation sites (tertiary alicyclic amines) is 1. The van der Waals surface area contributed by atoms with Gasteiger partial charge in [-0.2, -0.15) is 0 Å². The Hall–Kier alpha value is -2.86. The smallest absolute Gasteiger partial charge is 0.410 e. The highest BCUT2D eigenvalue weighted by Crippen LogP contribution is 2.44. The minimum absolute atomic E-state index is 0.0212. The van der Waals surface area contributed by atoms with E-state index in [1.165, 1.54) is 12.0 Å². The summed E-state index contributed by atoms with van der Waals surface area (Å²) in [4.78, 5) is 25.0. The first kappa shape index (κ1) is 16.6. The molecular weight excluding hydrogens is 334 g/mol. The van der Waals surface area contributed by atoms with Gasteiger partial charge in [0.25, 0.3) is 0 Å². The normalized spacial score (nSPS) is 17.1. The molecule has 1 N–H and O–H groups in total. The third kappa shape index (κ3) is 2.54. The Labute approximate surface area is 151 Å². The maximum atomic E-state index is 12.2. The van der Waals surface area contributed by atoms with Gasteiger partial charge >= 0.3 is 12.1 Å². The van der Waals surface area contributed by atoms with E-state index in [1.54, 1.807) is 0 Å². The molecular formula is C20H19NO5. The number of nitrogens with zero attached hydrogens (tertiary/aromatic N) is 1. The van der Waals surface area contributed by atoms with Crippen LogP contribution in [0.2, 0.25) is 0 Å². The Balaban J connectivity index is 1.44. The monoisotopic (exact) mass is 353 g/mol. The average molecular weight is 353 g/mol. The van der Waals surface area contributed by atoms with Gasteiger partial charge in [-0.1, -0.05) is 48.5 Å². The zero-order valence-corrected chi connectivity index (χ0v) is 14.3. The summed E-state index contributed by atoms with van der Waals surface area (Å²) in [6, 6.07) is 16.2. The molecule has 0 unspecified atom stereocenters. The second-order valence-corrected chi connectivity index (χ2v) is 6.68. The van der Waals surface area contributed by atoms with Gasteiger partial charge in [0, 0.05) is 5.92 Å². The first-order chi connectivity index (χ1) is 12.5. The fourth-order valence-corrected chi connectivity index (χ4v) is 3.72. The number of esters is 1. The zero-order valence-electron chi connectivity index (χ0n) is 14.3. The van der Waals surface area contributed by atoms with Crippen molar-refractivity contribution in [1.82, 2.24) is 4.90 Å². The van der Waals surface area contributed by atoms with E-state index in [0.29, 0.717) is 0 Å². The second-order valence-electron chi connectivity index (χ2n) is 6.68. The summed E-state index contributed by atoms with van der Waals surface area (Å²) in [5.74, 6) is -0.757. The summed E-state index contributed by atoms with van der Waals surface area (Å²) in [5.41, 5.74) is 2.97. The van der Waals surface area contributed by atoms with Crippen molar-refractivity contribution in [2.24, 2.45) is 0 Å². The molecule has 1 aliphatic heterocycles. The number of β-amino-alcohol motifs (C(OH)–C–C–N with tert-alkyl or cyclic N) is 1. The van der Waals surface area contributed by atoms with Crippen LogP contribution in [0.3, 0.4) is 0 Å². The van der Waals surface area contributed by atoms with Crippen LogP contribution in [0, 0.1) is 0 Å². The van der Waals surface area contributed by atoms with E-state index in [2.05, 4.69) is 16.9 Å². The third-order valence-corrected chi connectivity index (χ3v) is 5.06. The van der Waals surface area contributed by atoms with Gasteiger partial charge in [-0.25, -0.2) is 9.59 Å². The number of carbonyl (C=O) groups is 2. The fraction of sp³-hybridized carbons (Fsp3) is 0.300. The van der Waals surface area contributed by atoms with Crippen molar-refractivity contribution < 1.29 is 24.2 Å². The maximum absolute atomic E-state index is 12.2. The van der Waals surface area contributed by atoms with E-state index in [1.807, 2.05) is 36.4 Å². The number of fused-ring (bicyclic) bond motifs is 3. The predicted molar refractivity (Wildman–Crippen MR) is 93.6 cm³/mol. The van der Waals surface area contributed by atoms with E-state index in [4.69, 9.17) is 4.74 Å². The summed E-state index contributed by atoms with van der Waals surface area (Å²) in [5, 5.41) is 10.0. The van der Waals surface area contributed by atoms with E-state index < -0.39 is 17.7 Å². The lowest BCUT2D eigenvalue weighted by Crippen LogP contribution is -2.67. The molecule has 26 heavy (non-hydrogen) atoms. The number of hydrogen-bond acceptors (Lipinski definition) is 5. The third-order valence-electron chi connectivity index (χ3n) is 5.06. The molecule has 1 fully saturated rings. The average Bonchev–Trinajstić information content (AvgIpc) is 2.97. The predicted octanol–water partition coefficient (Wildman–Crippen LogP) is 2.16. The van der Waals surface area contributed by atoms with Crippen molar-refractivity contribution in [3.63, 3.8) is 0 Å². The van der Waals surface area contributed by atoms with Gasteiger partial charge in [0.1, 0.15) is 6.61 Å². The summed E-state index contributed by atoms with van der Waals surface area (Å²) in [6.45, 7) is -0.0211. The van der Waals surface area contributed by atoms with Crippen molar-refractivity contribution in [3.05, 3.63) is 59.7 Å². The molecule has 0 aromatic heterocycles. The number of methoxy groups -OCH3 is 1. The lowest BCUT2D eigenvalue weighted by Gasteiger charge is -2.42. The van der Waals surface area contributed by atoms with Crippen LogP contribution in [0.5, 0.6) is 0 Å². The van der Waals surface area contributed by atoms with E-state index in [9.17, 15) is 14.7 Å². The molecule has 0 atom stereocenters. The van der Waals surface area contributed by atoms with Crippen LogP contribution in [0.4, 0.5) is 4.79 Å². The van der Waals surface area contributed by atoms with Gasteiger partial charge < -0.3 is 19.5 Å². The molecule has 6 nitrogen and oxygen atoms in total. The first-order valence-electron chi connectivity index (χ1n) is 8.44. The van der Waals surface area contributed by atoms with Crippen LogP contribution < -0.4 is 0 Å². The summed E-state index contributed by atoms with van der Waals surface area (Å²) >= 11 is 0. The Morgan fingerprint density at radius 2 is 1.62 bits per heavy atom. The van der Waals surface area contributed by atoms with Gasteiger partial charge in [-0.15, -0.1) is 0 Å². The van der Waals surface area contributed by atoms with Crippen molar-refractivity contribution in [3.8, 4) is 11.1 Å². The van der Waals surface area contributed by atoms with Gasteiger partial charge in [0.05, 0.1) is 20.2 Å². The van der Waals surface area contributed by atoms with Crippen molar-refractivity contribution in [2.75, 3.05) is 26.8 Å². The molecule has 1 aliphatic carbocycles. The SMILES string of the molecule is COC(=O)C1(O)CN(C(=O)OCC2c3ccccc3-c3ccccc32)C1.